The second kappa shape index (κ2) is 6.19. The number of hydrazone groups is 1. The van der Waals surface area contributed by atoms with Crippen LogP contribution in [0.2, 0.25) is 0 Å². The summed E-state index contributed by atoms with van der Waals surface area (Å²) in [6.07, 6.45) is 3.17. The van der Waals surface area contributed by atoms with Crippen LogP contribution in [0.5, 0.6) is 5.75 Å². The van der Waals surface area contributed by atoms with Gasteiger partial charge in [0.15, 0.2) is 17.3 Å². The Hall–Kier alpha value is -3.09. The van der Waals surface area contributed by atoms with E-state index in [2.05, 4.69) is 5.10 Å². The molecule has 1 aromatic rings. The maximum Gasteiger partial charge on any atom is 0.359 e. The van der Waals surface area contributed by atoms with E-state index in [0.717, 1.165) is 16.4 Å². The molecule has 124 valence electrons. The van der Waals surface area contributed by atoms with Gasteiger partial charge < -0.3 is 14.4 Å². The van der Waals surface area contributed by atoms with E-state index in [1.54, 1.807) is 13.0 Å². The molecule has 0 spiro atoms. The van der Waals surface area contributed by atoms with Crippen LogP contribution in [0.4, 0.5) is 5.69 Å². The van der Waals surface area contributed by atoms with Gasteiger partial charge in [0.25, 0.3) is 5.91 Å². The van der Waals surface area contributed by atoms with Crippen LogP contribution in [0.25, 0.3) is 0 Å². The number of amides is 1. The van der Waals surface area contributed by atoms with Crippen molar-refractivity contribution < 1.29 is 19.1 Å². The molecule has 2 aliphatic heterocycles. The number of anilines is 1. The van der Waals surface area contributed by atoms with Crippen molar-refractivity contribution in [3.05, 3.63) is 47.9 Å². The molecule has 1 aromatic carbocycles. The zero-order valence-corrected chi connectivity index (χ0v) is 13.6. The van der Waals surface area contributed by atoms with Gasteiger partial charge in [0.05, 0.1) is 17.9 Å². The van der Waals surface area contributed by atoms with Gasteiger partial charge in [-0.3, -0.25) is 4.79 Å². The van der Waals surface area contributed by atoms with E-state index in [1.165, 1.54) is 13.1 Å². The highest BCUT2D eigenvalue weighted by atomic mass is 16.5. The third-order valence-electron chi connectivity index (χ3n) is 3.66. The monoisotopic (exact) mass is 327 g/mol. The van der Waals surface area contributed by atoms with E-state index in [4.69, 9.17) is 9.47 Å². The predicted octanol–water partition coefficient (Wildman–Crippen LogP) is 1.67. The molecule has 0 N–H and O–H groups in total. The Labute approximate surface area is 139 Å². The summed E-state index contributed by atoms with van der Waals surface area (Å²) in [6, 6.07) is 7.60. The fourth-order valence-electron chi connectivity index (χ4n) is 2.45. The van der Waals surface area contributed by atoms with Crippen molar-refractivity contribution in [2.75, 3.05) is 25.6 Å². The molecule has 1 amide bonds. The quantitative estimate of drug-likeness (QED) is 0.624. The fraction of sp³-hybridized carbons (Fsp3) is 0.235. The molecule has 0 fully saturated rings. The maximum absolute atomic E-state index is 12.2. The third-order valence-corrected chi connectivity index (χ3v) is 3.66. The van der Waals surface area contributed by atoms with Crippen LogP contribution < -0.4 is 9.64 Å². The Morgan fingerprint density at radius 1 is 1.29 bits per heavy atom. The Morgan fingerprint density at radius 2 is 2.04 bits per heavy atom. The number of nitrogens with zero attached hydrogens (tertiary/aromatic N) is 3. The van der Waals surface area contributed by atoms with Crippen molar-refractivity contribution in [1.29, 1.82) is 0 Å². The van der Waals surface area contributed by atoms with E-state index in [1.807, 2.05) is 36.2 Å². The summed E-state index contributed by atoms with van der Waals surface area (Å²) >= 11 is 0. The molecule has 2 aliphatic rings. The molecule has 7 heteroatoms. The minimum Gasteiger partial charge on any atom is -0.461 e. The number of esters is 1. The Bertz CT molecular complexity index is 795. The number of carbonyl (C=O) groups is 2. The maximum atomic E-state index is 12.2. The first kappa shape index (κ1) is 15.8. The molecule has 0 radical (unpaired) electrons. The molecule has 0 atom stereocenters. The van der Waals surface area contributed by atoms with Crippen molar-refractivity contribution in [1.82, 2.24) is 5.01 Å². The SMILES string of the molecule is CCOC(=O)C1=NN(C)C(=O)/C1=C/C=C1/Oc2ccccc2N1C. The molecular weight excluding hydrogens is 310 g/mol. The second-order valence-corrected chi connectivity index (χ2v) is 5.21. The first-order valence-electron chi connectivity index (χ1n) is 7.49. The normalized spacial score (nSPS) is 19.6. The van der Waals surface area contributed by atoms with E-state index in [-0.39, 0.29) is 23.8 Å². The molecule has 0 aromatic heterocycles. The number of rotatable bonds is 3. The van der Waals surface area contributed by atoms with Crippen molar-refractivity contribution in [2.24, 2.45) is 5.10 Å². The van der Waals surface area contributed by atoms with Crippen LogP contribution in [0.1, 0.15) is 6.92 Å². The summed E-state index contributed by atoms with van der Waals surface area (Å²) in [5.41, 5.74) is 1.10. The standard InChI is InChI=1S/C17H17N3O4/c1-4-23-17(22)15-11(16(21)20(3)18-15)9-10-14-19(2)12-7-5-6-8-13(12)24-14/h5-10H,4H2,1-3H3/b11-9+,14-10+. The number of para-hydroxylation sites is 2. The Balaban J connectivity index is 1.89. The van der Waals surface area contributed by atoms with Crippen LogP contribution in [-0.2, 0) is 14.3 Å². The zero-order valence-electron chi connectivity index (χ0n) is 13.6. The third kappa shape index (κ3) is 2.64. The molecule has 7 nitrogen and oxygen atoms in total. The summed E-state index contributed by atoms with van der Waals surface area (Å²) in [5.74, 6) is 0.296. The van der Waals surface area contributed by atoms with Gasteiger partial charge in [-0.2, -0.15) is 5.10 Å². The predicted molar refractivity (Wildman–Crippen MR) is 88.5 cm³/mol. The highest BCUT2D eigenvalue weighted by Gasteiger charge is 2.33. The van der Waals surface area contributed by atoms with Gasteiger partial charge >= 0.3 is 5.97 Å². The molecule has 0 bridgehead atoms. The number of benzene rings is 1. The van der Waals surface area contributed by atoms with Crippen LogP contribution >= 0.6 is 0 Å². The average Bonchev–Trinajstić information content (AvgIpc) is 3.04. The first-order valence-corrected chi connectivity index (χ1v) is 7.49. The topological polar surface area (TPSA) is 71.4 Å². The molecule has 0 unspecified atom stereocenters. The zero-order chi connectivity index (χ0) is 17.3. The van der Waals surface area contributed by atoms with Gasteiger partial charge in [-0.15, -0.1) is 0 Å². The summed E-state index contributed by atoms with van der Waals surface area (Å²) in [5, 5.41) is 5.06. The number of likely N-dealkylation sites (N-methyl/N-ethyl adjacent to an activating group) is 1. The van der Waals surface area contributed by atoms with Gasteiger partial charge in [0.1, 0.15) is 0 Å². The minimum absolute atomic E-state index is 0.000589. The highest BCUT2D eigenvalue weighted by molar-refractivity contribution is 6.51. The first-order chi connectivity index (χ1) is 11.5. The van der Waals surface area contributed by atoms with Crippen molar-refractivity contribution in [3.8, 4) is 5.75 Å². The second-order valence-electron chi connectivity index (χ2n) is 5.21. The van der Waals surface area contributed by atoms with Crippen LogP contribution in [-0.4, -0.2) is 43.3 Å². The van der Waals surface area contributed by atoms with Crippen LogP contribution in [0, 0.1) is 0 Å². The van der Waals surface area contributed by atoms with Gasteiger partial charge in [0, 0.05) is 14.1 Å². The number of ether oxygens (including phenoxy) is 2. The summed E-state index contributed by atoms with van der Waals surface area (Å²) in [6.45, 7) is 1.91. The van der Waals surface area contributed by atoms with E-state index in [9.17, 15) is 9.59 Å². The Morgan fingerprint density at radius 3 is 2.75 bits per heavy atom. The minimum atomic E-state index is -0.621. The highest BCUT2D eigenvalue weighted by Crippen LogP contribution is 2.37. The van der Waals surface area contributed by atoms with E-state index >= 15 is 0 Å². The number of hydrogen-bond donors (Lipinski definition) is 0. The molecule has 0 saturated heterocycles. The smallest absolute Gasteiger partial charge is 0.359 e. The number of hydrogen-bond acceptors (Lipinski definition) is 6. The largest absolute Gasteiger partial charge is 0.461 e. The van der Waals surface area contributed by atoms with Crippen LogP contribution in [0.3, 0.4) is 0 Å². The lowest BCUT2D eigenvalue weighted by Gasteiger charge is -2.10. The molecule has 2 heterocycles. The van der Waals surface area contributed by atoms with Gasteiger partial charge in [-0.05, 0) is 31.2 Å². The van der Waals surface area contributed by atoms with E-state index < -0.39 is 5.97 Å². The molecule has 0 aliphatic carbocycles. The molecule has 0 saturated carbocycles. The lowest BCUT2D eigenvalue weighted by Crippen LogP contribution is -2.21. The molecule has 24 heavy (non-hydrogen) atoms. The van der Waals surface area contributed by atoms with Gasteiger partial charge in [0.2, 0.25) is 0 Å². The average molecular weight is 327 g/mol. The number of carbonyl (C=O) groups excluding carboxylic acids is 2. The molecular formula is C17H17N3O4. The summed E-state index contributed by atoms with van der Waals surface area (Å²) in [7, 11) is 3.35. The van der Waals surface area contributed by atoms with Crippen LogP contribution in [0.15, 0.2) is 53.0 Å². The van der Waals surface area contributed by atoms with Gasteiger partial charge in [-0.1, -0.05) is 12.1 Å². The van der Waals surface area contributed by atoms with Crippen molar-refractivity contribution in [3.63, 3.8) is 0 Å². The summed E-state index contributed by atoms with van der Waals surface area (Å²) < 4.78 is 10.7. The number of fused-ring (bicyclic) bond motifs is 1. The Kier molecular flexibility index (Phi) is 4.07. The lowest BCUT2D eigenvalue weighted by molar-refractivity contribution is -0.135. The van der Waals surface area contributed by atoms with Crippen molar-refractivity contribution in [2.45, 2.75) is 6.92 Å². The fourth-order valence-corrected chi connectivity index (χ4v) is 2.45. The number of allylic oxidation sites excluding steroid dienone is 2. The van der Waals surface area contributed by atoms with E-state index in [0.29, 0.717) is 5.88 Å². The van der Waals surface area contributed by atoms with Crippen molar-refractivity contribution >= 4 is 23.3 Å². The lowest BCUT2D eigenvalue weighted by atomic mass is 10.1. The summed E-state index contributed by atoms with van der Waals surface area (Å²) in [4.78, 5) is 26.0. The molecule has 3 rings (SSSR count). The van der Waals surface area contributed by atoms with Gasteiger partial charge in [-0.25, -0.2) is 9.80 Å².